The number of ether oxygens (including phenoxy) is 1. The summed E-state index contributed by atoms with van der Waals surface area (Å²) in [5.74, 6) is 0.259. The Morgan fingerprint density at radius 1 is 1.22 bits per heavy atom. The van der Waals surface area contributed by atoms with Gasteiger partial charge in [0.05, 0.1) is 12.6 Å². The van der Waals surface area contributed by atoms with Gasteiger partial charge in [-0.2, -0.15) is 0 Å². The maximum atomic E-state index is 12.2. The minimum absolute atomic E-state index is 0.115. The Hall–Kier alpha value is -1.10. The third-order valence-corrected chi connectivity index (χ3v) is 4.24. The fourth-order valence-electron chi connectivity index (χ4n) is 3.23. The summed E-state index contributed by atoms with van der Waals surface area (Å²) in [5.41, 5.74) is 0. The van der Waals surface area contributed by atoms with Crippen molar-refractivity contribution < 1.29 is 14.3 Å². The molecular formula is C13H20N2O3. The quantitative estimate of drug-likeness (QED) is 0.730. The van der Waals surface area contributed by atoms with E-state index in [1.54, 1.807) is 9.80 Å². The van der Waals surface area contributed by atoms with E-state index in [-0.39, 0.29) is 30.5 Å². The summed E-state index contributed by atoms with van der Waals surface area (Å²) in [5, 5.41) is 0. The lowest BCUT2D eigenvalue weighted by Gasteiger charge is -2.36. The van der Waals surface area contributed by atoms with Gasteiger partial charge in [0.1, 0.15) is 6.04 Å². The highest BCUT2D eigenvalue weighted by Gasteiger charge is 2.41. The van der Waals surface area contributed by atoms with Crippen LogP contribution >= 0.6 is 0 Å². The second kappa shape index (κ2) is 4.88. The Bertz CT molecular complexity index is 352. The molecule has 2 atom stereocenters. The van der Waals surface area contributed by atoms with Crippen molar-refractivity contribution in [1.29, 1.82) is 0 Å². The van der Waals surface area contributed by atoms with E-state index in [9.17, 15) is 9.59 Å². The lowest BCUT2D eigenvalue weighted by Crippen LogP contribution is -2.57. The molecule has 18 heavy (non-hydrogen) atoms. The molecular weight excluding hydrogens is 232 g/mol. The van der Waals surface area contributed by atoms with Gasteiger partial charge in [-0.1, -0.05) is 0 Å². The molecule has 0 aliphatic carbocycles. The van der Waals surface area contributed by atoms with Gasteiger partial charge in [-0.15, -0.1) is 0 Å². The number of rotatable bonds is 3. The zero-order valence-corrected chi connectivity index (χ0v) is 10.6. The molecule has 0 N–H and O–H groups in total. The zero-order chi connectivity index (χ0) is 12.5. The van der Waals surface area contributed by atoms with Gasteiger partial charge >= 0.3 is 0 Å². The third kappa shape index (κ3) is 2.11. The number of carbonyl (C=O) groups is 2. The molecule has 3 saturated heterocycles. The van der Waals surface area contributed by atoms with Crippen LogP contribution in [0.3, 0.4) is 0 Å². The molecule has 2 amide bonds. The van der Waals surface area contributed by atoms with Crippen molar-refractivity contribution in [3.63, 3.8) is 0 Å². The molecule has 0 spiro atoms. The molecule has 3 aliphatic rings. The molecule has 0 aromatic rings. The van der Waals surface area contributed by atoms with Gasteiger partial charge in [-0.25, -0.2) is 0 Å². The predicted molar refractivity (Wildman–Crippen MR) is 64.9 cm³/mol. The van der Waals surface area contributed by atoms with Gasteiger partial charge < -0.3 is 14.5 Å². The van der Waals surface area contributed by atoms with Crippen LogP contribution in [0, 0.1) is 0 Å². The summed E-state index contributed by atoms with van der Waals surface area (Å²) in [6.07, 6.45) is 5.16. The number of hydrogen-bond acceptors (Lipinski definition) is 3. The van der Waals surface area contributed by atoms with Gasteiger partial charge in [-0.3, -0.25) is 9.59 Å². The van der Waals surface area contributed by atoms with Gasteiger partial charge in [0.15, 0.2) is 0 Å². The molecule has 3 rings (SSSR count). The highest BCUT2D eigenvalue weighted by atomic mass is 16.5. The average molecular weight is 252 g/mol. The SMILES string of the molecule is O=C1C2CCCN2C(=O)CN1CCC1CCCO1. The van der Waals surface area contributed by atoms with E-state index < -0.39 is 0 Å². The lowest BCUT2D eigenvalue weighted by molar-refractivity contribution is -0.153. The van der Waals surface area contributed by atoms with Gasteiger partial charge in [0.25, 0.3) is 0 Å². The van der Waals surface area contributed by atoms with Gasteiger partial charge in [0, 0.05) is 19.7 Å². The molecule has 0 radical (unpaired) electrons. The Morgan fingerprint density at radius 3 is 2.89 bits per heavy atom. The van der Waals surface area contributed by atoms with Gasteiger partial charge in [0.2, 0.25) is 11.8 Å². The van der Waals surface area contributed by atoms with Crippen LogP contribution in [0.5, 0.6) is 0 Å². The summed E-state index contributed by atoms with van der Waals surface area (Å²) in [6, 6.07) is -0.171. The average Bonchev–Trinajstić information content (AvgIpc) is 3.01. The molecule has 3 fully saturated rings. The number of piperazine rings is 1. The first-order valence-corrected chi connectivity index (χ1v) is 6.95. The first kappa shape index (κ1) is 12.0. The van der Waals surface area contributed by atoms with Crippen LogP contribution < -0.4 is 0 Å². The first-order chi connectivity index (χ1) is 8.75. The Morgan fingerprint density at radius 2 is 2.11 bits per heavy atom. The molecule has 0 saturated carbocycles. The largest absolute Gasteiger partial charge is 0.378 e. The van der Waals surface area contributed by atoms with E-state index in [4.69, 9.17) is 4.74 Å². The number of nitrogens with zero attached hydrogens (tertiary/aromatic N) is 2. The Labute approximate surface area is 107 Å². The van der Waals surface area contributed by atoms with Crippen LogP contribution in [0.4, 0.5) is 0 Å². The number of fused-ring (bicyclic) bond motifs is 1. The van der Waals surface area contributed by atoms with Crippen LogP contribution in [0.25, 0.3) is 0 Å². The highest BCUT2D eigenvalue weighted by Crippen LogP contribution is 2.24. The third-order valence-electron chi connectivity index (χ3n) is 4.24. The second-order valence-corrected chi connectivity index (χ2v) is 5.43. The molecule has 0 aromatic heterocycles. The molecule has 2 unspecified atom stereocenters. The van der Waals surface area contributed by atoms with Crippen molar-refractivity contribution in [3.8, 4) is 0 Å². The van der Waals surface area contributed by atoms with E-state index in [1.165, 1.54) is 0 Å². The number of amides is 2. The topological polar surface area (TPSA) is 49.9 Å². The van der Waals surface area contributed by atoms with Crippen molar-refractivity contribution in [1.82, 2.24) is 9.80 Å². The van der Waals surface area contributed by atoms with Crippen molar-refractivity contribution in [3.05, 3.63) is 0 Å². The second-order valence-electron chi connectivity index (χ2n) is 5.43. The standard InChI is InChI=1S/C13H20N2O3/c16-12-9-14(7-5-10-3-2-8-18-10)13(17)11-4-1-6-15(11)12/h10-11H,1-9H2. The number of hydrogen-bond donors (Lipinski definition) is 0. The van der Waals surface area contributed by atoms with Gasteiger partial charge in [-0.05, 0) is 32.1 Å². The summed E-state index contributed by atoms with van der Waals surface area (Å²) in [4.78, 5) is 27.7. The van der Waals surface area contributed by atoms with E-state index in [0.29, 0.717) is 6.54 Å². The van der Waals surface area contributed by atoms with E-state index in [0.717, 1.165) is 45.3 Å². The molecule has 100 valence electrons. The Kier molecular flexibility index (Phi) is 3.24. The van der Waals surface area contributed by atoms with E-state index in [2.05, 4.69) is 0 Å². The van der Waals surface area contributed by atoms with Crippen molar-refractivity contribution in [2.24, 2.45) is 0 Å². The summed E-state index contributed by atoms with van der Waals surface area (Å²) >= 11 is 0. The normalized spacial score (nSPS) is 32.2. The van der Waals surface area contributed by atoms with E-state index in [1.807, 2.05) is 0 Å². The highest BCUT2D eigenvalue weighted by molar-refractivity contribution is 5.95. The molecule has 0 bridgehead atoms. The maximum Gasteiger partial charge on any atom is 0.245 e. The monoisotopic (exact) mass is 252 g/mol. The smallest absolute Gasteiger partial charge is 0.245 e. The molecule has 0 aromatic carbocycles. The first-order valence-electron chi connectivity index (χ1n) is 6.95. The fraction of sp³-hybridized carbons (Fsp3) is 0.846. The summed E-state index contributed by atoms with van der Waals surface area (Å²) in [7, 11) is 0. The van der Waals surface area contributed by atoms with Crippen LogP contribution in [-0.2, 0) is 14.3 Å². The predicted octanol–water partition coefficient (Wildman–Crippen LogP) is 0.389. The Balaban J connectivity index is 1.58. The summed E-state index contributed by atoms with van der Waals surface area (Å²) in [6.45, 7) is 2.53. The zero-order valence-electron chi connectivity index (χ0n) is 10.6. The summed E-state index contributed by atoms with van der Waals surface area (Å²) < 4.78 is 5.56. The van der Waals surface area contributed by atoms with Crippen LogP contribution in [0.15, 0.2) is 0 Å². The van der Waals surface area contributed by atoms with Crippen molar-refractivity contribution in [2.75, 3.05) is 26.2 Å². The van der Waals surface area contributed by atoms with Crippen molar-refractivity contribution >= 4 is 11.8 Å². The number of carbonyl (C=O) groups excluding carboxylic acids is 2. The van der Waals surface area contributed by atoms with Crippen LogP contribution in [-0.4, -0.2) is 60.0 Å². The van der Waals surface area contributed by atoms with Crippen LogP contribution in [0.2, 0.25) is 0 Å². The molecule has 5 nitrogen and oxygen atoms in total. The van der Waals surface area contributed by atoms with E-state index >= 15 is 0 Å². The molecule has 3 aliphatic heterocycles. The van der Waals surface area contributed by atoms with Crippen LogP contribution in [0.1, 0.15) is 32.1 Å². The molecule has 5 heteroatoms. The lowest BCUT2D eigenvalue weighted by atomic mass is 10.1. The maximum absolute atomic E-state index is 12.2. The van der Waals surface area contributed by atoms with Crippen molar-refractivity contribution in [2.45, 2.75) is 44.2 Å². The fourth-order valence-corrected chi connectivity index (χ4v) is 3.23. The minimum atomic E-state index is -0.171. The molecule has 3 heterocycles. The minimum Gasteiger partial charge on any atom is -0.378 e.